The Morgan fingerprint density at radius 2 is 1.91 bits per heavy atom. The van der Waals surface area contributed by atoms with E-state index in [1.54, 1.807) is 35.5 Å². The molecule has 0 spiro atoms. The number of methoxy groups -OCH3 is 1. The summed E-state index contributed by atoms with van der Waals surface area (Å²) in [6.45, 7) is 6.43. The molecule has 0 radical (unpaired) electrons. The van der Waals surface area contributed by atoms with Gasteiger partial charge in [-0.1, -0.05) is 19.1 Å². The van der Waals surface area contributed by atoms with Crippen LogP contribution in [0.3, 0.4) is 0 Å². The molecular formula is C26H35ClN2O4S. The van der Waals surface area contributed by atoms with Gasteiger partial charge in [0.25, 0.3) is 0 Å². The Morgan fingerprint density at radius 3 is 2.50 bits per heavy atom. The highest BCUT2D eigenvalue weighted by Gasteiger charge is 2.34. The van der Waals surface area contributed by atoms with E-state index in [2.05, 4.69) is 12.2 Å². The van der Waals surface area contributed by atoms with Gasteiger partial charge < -0.3 is 19.7 Å². The Hall–Kier alpha value is -2.25. The largest absolute Gasteiger partial charge is 0.493 e. The minimum absolute atomic E-state index is 0.0271. The van der Waals surface area contributed by atoms with E-state index in [0.29, 0.717) is 29.5 Å². The fourth-order valence-electron chi connectivity index (χ4n) is 4.33. The number of carbonyl (C=O) groups is 2. The van der Waals surface area contributed by atoms with Crippen molar-refractivity contribution in [1.82, 2.24) is 10.2 Å². The summed E-state index contributed by atoms with van der Waals surface area (Å²) >= 11 is 7.55. The van der Waals surface area contributed by atoms with Gasteiger partial charge in [-0.3, -0.25) is 9.59 Å². The van der Waals surface area contributed by atoms with Gasteiger partial charge in [0.2, 0.25) is 11.8 Å². The molecule has 6 nitrogen and oxygen atoms in total. The molecule has 1 aliphatic rings. The van der Waals surface area contributed by atoms with Gasteiger partial charge in [0.1, 0.15) is 11.9 Å². The molecule has 1 aromatic carbocycles. The third kappa shape index (κ3) is 6.89. The zero-order valence-corrected chi connectivity index (χ0v) is 22.0. The molecule has 2 amide bonds. The van der Waals surface area contributed by atoms with Crippen LogP contribution in [0.2, 0.25) is 0 Å². The molecule has 0 bridgehead atoms. The Kier molecular flexibility index (Phi) is 9.65. The van der Waals surface area contributed by atoms with E-state index in [-0.39, 0.29) is 29.8 Å². The topological polar surface area (TPSA) is 67.9 Å². The summed E-state index contributed by atoms with van der Waals surface area (Å²) in [5.74, 6) is 1.08. The van der Waals surface area contributed by atoms with Crippen LogP contribution in [0.4, 0.5) is 0 Å². The number of amides is 2. The number of thiophene rings is 1. The number of hydrogen-bond donors (Lipinski definition) is 1. The highest BCUT2D eigenvalue weighted by atomic mass is 35.5. The fourth-order valence-corrected chi connectivity index (χ4v) is 5.19. The number of carbonyl (C=O) groups excluding carboxylic acids is 2. The quantitative estimate of drug-likeness (QED) is 0.429. The lowest BCUT2D eigenvalue weighted by Gasteiger charge is -2.34. The van der Waals surface area contributed by atoms with Crippen molar-refractivity contribution in [3.8, 4) is 11.5 Å². The number of benzene rings is 1. The van der Waals surface area contributed by atoms with Gasteiger partial charge >= 0.3 is 0 Å². The number of nitrogens with zero attached hydrogens (tertiary/aromatic N) is 1. The van der Waals surface area contributed by atoms with Gasteiger partial charge in [0.15, 0.2) is 11.5 Å². The molecule has 8 heteroatoms. The molecular weight excluding hydrogens is 472 g/mol. The summed E-state index contributed by atoms with van der Waals surface area (Å²) in [7, 11) is 1.57. The van der Waals surface area contributed by atoms with E-state index in [4.69, 9.17) is 21.1 Å². The highest BCUT2D eigenvalue weighted by Crippen LogP contribution is 2.34. The van der Waals surface area contributed by atoms with Crippen molar-refractivity contribution >= 4 is 34.8 Å². The average Bonchev–Trinajstić information content (AvgIpc) is 3.33. The monoisotopic (exact) mass is 506 g/mol. The number of alkyl halides is 1. The first-order chi connectivity index (χ1) is 16.3. The van der Waals surface area contributed by atoms with E-state index in [9.17, 15) is 9.59 Å². The molecule has 1 aliphatic carbocycles. The van der Waals surface area contributed by atoms with Crippen molar-refractivity contribution in [3.63, 3.8) is 0 Å². The van der Waals surface area contributed by atoms with Crippen molar-refractivity contribution in [2.75, 3.05) is 13.0 Å². The summed E-state index contributed by atoms with van der Waals surface area (Å²) in [6, 6.07) is 8.57. The highest BCUT2D eigenvalue weighted by molar-refractivity contribution is 7.09. The maximum atomic E-state index is 13.7. The molecule has 0 aliphatic heterocycles. The molecule has 1 aromatic heterocycles. The minimum atomic E-state index is -0.838. The van der Waals surface area contributed by atoms with Crippen LogP contribution in [-0.4, -0.2) is 41.8 Å². The van der Waals surface area contributed by atoms with Gasteiger partial charge in [0.05, 0.1) is 19.8 Å². The molecule has 2 aromatic rings. The van der Waals surface area contributed by atoms with Crippen LogP contribution in [0, 0.1) is 5.92 Å². The second-order valence-corrected chi connectivity index (χ2v) is 10.5. The molecule has 1 fully saturated rings. The van der Waals surface area contributed by atoms with Crippen LogP contribution >= 0.6 is 22.9 Å². The maximum absolute atomic E-state index is 13.7. The van der Waals surface area contributed by atoms with Gasteiger partial charge in [-0.15, -0.1) is 22.9 Å². The predicted molar refractivity (Wildman–Crippen MR) is 137 cm³/mol. The van der Waals surface area contributed by atoms with Crippen molar-refractivity contribution in [3.05, 3.63) is 46.2 Å². The van der Waals surface area contributed by atoms with Crippen LogP contribution < -0.4 is 14.8 Å². The van der Waals surface area contributed by atoms with Crippen molar-refractivity contribution in [2.24, 2.45) is 5.92 Å². The smallest absolute Gasteiger partial charge is 0.247 e. The Balaban J connectivity index is 1.97. The average molecular weight is 507 g/mol. The first kappa shape index (κ1) is 26.4. The second kappa shape index (κ2) is 12.5. The normalized spacial score (nSPS) is 18.9. The number of hydrogen-bond acceptors (Lipinski definition) is 5. The van der Waals surface area contributed by atoms with Crippen LogP contribution in [0.1, 0.15) is 62.9 Å². The van der Waals surface area contributed by atoms with Gasteiger partial charge in [-0.2, -0.15) is 0 Å². The molecule has 3 rings (SSSR count). The number of halogens is 1. The lowest BCUT2D eigenvalue weighted by atomic mass is 9.87. The van der Waals surface area contributed by atoms with Crippen LogP contribution in [0.15, 0.2) is 35.7 Å². The third-order valence-corrected chi connectivity index (χ3v) is 7.22. The van der Waals surface area contributed by atoms with Gasteiger partial charge in [-0.25, -0.2) is 0 Å². The number of nitrogens with one attached hydrogen (secondary N) is 1. The van der Waals surface area contributed by atoms with E-state index in [1.807, 2.05) is 37.4 Å². The molecule has 0 saturated heterocycles. The Morgan fingerprint density at radius 1 is 1.18 bits per heavy atom. The molecule has 1 saturated carbocycles. The van der Waals surface area contributed by atoms with Crippen LogP contribution in [-0.2, 0) is 16.1 Å². The second-order valence-electron chi connectivity index (χ2n) is 9.18. The van der Waals surface area contributed by atoms with Crippen molar-refractivity contribution < 1.29 is 19.1 Å². The number of rotatable bonds is 10. The van der Waals surface area contributed by atoms with Gasteiger partial charge in [-0.05, 0) is 74.6 Å². The summed E-state index contributed by atoms with van der Waals surface area (Å²) < 4.78 is 11.4. The van der Waals surface area contributed by atoms with Crippen molar-refractivity contribution in [1.29, 1.82) is 0 Å². The first-order valence-electron chi connectivity index (χ1n) is 11.8. The Bertz CT molecular complexity index is 942. The molecule has 186 valence electrons. The number of ether oxygens (including phenoxy) is 2. The van der Waals surface area contributed by atoms with Crippen molar-refractivity contribution in [2.45, 2.75) is 71.2 Å². The van der Waals surface area contributed by atoms with E-state index in [0.717, 1.165) is 30.6 Å². The summed E-state index contributed by atoms with van der Waals surface area (Å²) in [5, 5.41) is 5.17. The summed E-state index contributed by atoms with van der Waals surface area (Å²) in [6.07, 6.45) is 4.03. The third-order valence-electron chi connectivity index (χ3n) is 6.13. The summed E-state index contributed by atoms with van der Waals surface area (Å²) in [4.78, 5) is 29.3. The molecule has 1 N–H and O–H groups in total. The SMILES string of the molecule is COc1cc(C(C(=O)NC2CCC(C)CC2)N(Cc2cccs2)C(=O)CCl)ccc1OC(C)C. The van der Waals surface area contributed by atoms with E-state index < -0.39 is 6.04 Å². The molecule has 1 unspecified atom stereocenters. The molecule has 34 heavy (non-hydrogen) atoms. The zero-order valence-electron chi connectivity index (χ0n) is 20.4. The molecule has 1 heterocycles. The lowest BCUT2D eigenvalue weighted by molar-refractivity contribution is -0.140. The predicted octanol–water partition coefficient (Wildman–Crippen LogP) is 5.55. The molecule has 1 atom stereocenters. The fraction of sp³-hybridized carbons (Fsp3) is 0.538. The van der Waals surface area contributed by atoms with Crippen LogP contribution in [0.25, 0.3) is 0 Å². The maximum Gasteiger partial charge on any atom is 0.247 e. The summed E-state index contributed by atoms with van der Waals surface area (Å²) in [5.41, 5.74) is 0.657. The Labute approximate surface area is 211 Å². The zero-order chi connectivity index (χ0) is 24.7. The van der Waals surface area contributed by atoms with Gasteiger partial charge in [0, 0.05) is 10.9 Å². The van der Waals surface area contributed by atoms with E-state index in [1.165, 1.54) is 0 Å². The standard InChI is InChI=1S/C26H35ClN2O4S/c1-17(2)33-22-12-9-19(14-23(22)32-4)25(26(31)28-20-10-7-18(3)8-11-20)29(24(30)15-27)16-21-6-5-13-34-21/h5-6,9,12-14,17-18,20,25H,7-8,10-11,15-16H2,1-4H3,(H,28,31). The van der Waals surface area contributed by atoms with E-state index >= 15 is 0 Å². The minimum Gasteiger partial charge on any atom is -0.493 e. The van der Waals surface area contributed by atoms with Crippen LogP contribution in [0.5, 0.6) is 11.5 Å². The first-order valence-corrected chi connectivity index (χ1v) is 13.3. The lowest BCUT2D eigenvalue weighted by Crippen LogP contribution is -2.47.